The Balaban J connectivity index is 1.20. The Labute approximate surface area is 287 Å². The normalized spacial score (nSPS) is 11.6. The summed E-state index contributed by atoms with van der Waals surface area (Å²) in [6.45, 7) is 0. The van der Waals surface area contributed by atoms with E-state index in [1.165, 1.54) is 0 Å². The van der Waals surface area contributed by atoms with E-state index in [1.807, 2.05) is 60.7 Å². The van der Waals surface area contributed by atoms with Crippen molar-refractivity contribution in [2.24, 2.45) is 0 Å². The van der Waals surface area contributed by atoms with Crippen LogP contribution in [0.1, 0.15) is 0 Å². The first-order chi connectivity index (χ1) is 24.7. The summed E-state index contributed by atoms with van der Waals surface area (Å²) in [5.74, 6) is 1.73. The zero-order valence-corrected chi connectivity index (χ0v) is 26.7. The second-order valence-electron chi connectivity index (χ2n) is 12.4. The van der Waals surface area contributed by atoms with Crippen molar-refractivity contribution >= 4 is 43.9 Å². The minimum Gasteiger partial charge on any atom is -0.456 e. The van der Waals surface area contributed by atoms with Gasteiger partial charge in [0, 0.05) is 38.2 Å². The Hall–Kier alpha value is -6.85. The van der Waals surface area contributed by atoms with Crippen LogP contribution in [0.3, 0.4) is 0 Å². The minimum atomic E-state index is 0.564. The van der Waals surface area contributed by atoms with Crippen LogP contribution in [0.5, 0.6) is 0 Å². The fourth-order valence-corrected chi connectivity index (χ4v) is 6.90. The maximum absolute atomic E-state index is 6.46. The van der Waals surface area contributed by atoms with Crippen LogP contribution >= 0.6 is 0 Å². The average Bonchev–Trinajstić information content (AvgIpc) is 3.76. The van der Waals surface area contributed by atoms with E-state index in [1.54, 1.807) is 0 Å². The van der Waals surface area contributed by atoms with E-state index >= 15 is 0 Å². The number of hydrogen-bond donors (Lipinski definition) is 0. The van der Waals surface area contributed by atoms with Crippen molar-refractivity contribution in [2.75, 3.05) is 0 Å². The molecule has 0 aliphatic heterocycles. The fraction of sp³-hybridized carbons (Fsp3) is 0. The molecule has 0 aliphatic carbocycles. The lowest BCUT2D eigenvalue weighted by Gasteiger charge is -2.11. The van der Waals surface area contributed by atoms with E-state index < -0.39 is 0 Å². The van der Waals surface area contributed by atoms with Crippen molar-refractivity contribution in [1.82, 2.24) is 15.0 Å². The molecule has 0 atom stereocenters. The first-order valence-electron chi connectivity index (χ1n) is 16.6. The highest BCUT2D eigenvalue weighted by molar-refractivity contribution is 6.13. The van der Waals surface area contributed by atoms with Crippen molar-refractivity contribution in [2.45, 2.75) is 0 Å². The van der Waals surface area contributed by atoms with Gasteiger partial charge >= 0.3 is 0 Å². The van der Waals surface area contributed by atoms with Crippen LogP contribution in [-0.2, 0) is 0 Å². The summed E-state index contributed by atoms with van der Waals surface area (Å²) < 4.78 is 12.6. The van der Waals surface area contributed by atoms with Gasteiger partial charge in [0.25, 0.3) is 0 Å². The molecule has 0 saturated carbocycles. The summed E-state index contributed by atoms with van der Waals surface area (Å²) in [6.07, 6.45) is 0. The molecule has 3 heterocycles. The summed E-state index contributed by atoms with van der Waals surface area (Å²) in [6, 6.07) is 55.8. The van der Waals surface area contributed by atoms with Gasteiger partial charge in [-0.05, 0) is 64.7 Å². The molecule has 0 amide bonds. The fourth-order valence-electron chi connectivity index (χ4n) is 6.90. The Morgan fingerprint density at radius 3 is 1.54 bits per heavy atom. The first-order valence-corrected chi connectivity index (χ1v) is 16.6. The van der Waals surface area contributed by atoms with Crippen molar-refractivity contribution in [3.63, 3.8) is 0 Å². The molecule has 0 N–H and O–H groups in total. The van der Waals surface area contributed by atoms with Crippen LogP contribution in [0.4, 0.5) is 0 Å². The SMILES string of the molecule is c1ccc(-c2ccc(-c3nc(-c4cc(-c5ccccc5)c5c(c4)oc4ccccc45)nc(-c4ccc5oc6ccccc6c5c4)n3)cc2)cc1. The largest absolute Gasteiger partial charge is 0.456 e. The van der Waals surface area contributed by atoms with Gasteiger partial charge in [0.1, 0.15) is 22.3 Å². The van der Waals surface area contributed by atoms with E-state index in [2.05, 4.69) is 103 Å². The Kier molecular flexibility index (Phi) is 6.42. The molecule has 10 aromatic rings. The molecule has 0 bridgehead atoms. The lowest BCUT2D eigenvalue weighted by molar-refractivity contribution is 0.668. The lowest BCUT2D eigenvalue weighted by Crippen LogP contribution is -2.00. The molecule has 7 aromatic carbocycles. The van der Waals surface area contributed by atoms with Gasteiger partial charge in [0.2, 0.25) is 0 Å². The summed E-state index contributed by atoms with van der Waals surface area (Å²) in [4.78, 5) is 15.3. The Bertz CT molecular complexity index is 2850. The molecule has 3 aromatic heterocycles. The molecule has 0 unspecified atom stereocenters. The molecule has 234 valence electrons. The van der Waals surface area contributed by atoms with Crippen molar-refractivity contribution in [3.05, 3.63) is 164 Å². The molecule has 0 spiro atoms. The third-order valence-electron chi connectivity index (χ3n) is 9.34. The molecule has 50 heavy (non-hydrogen) atoms. The highest BCUT2D eigenvalue weighted by atomic mass is 16.3. The van der Waals surface area contributed by atoms with Gasteiger partial charge in [-0.25, -0.2) is 15.0 Å². The number of benzene rings is 7. The van der Waals surface area contributed by atoms with Gasteiger partial charge in [-0.15, -0.1) is 0 Å². The van der Waals surface area contributed by atoms with Crippen molar-refractivity contribution < 1.29 is 8.83 Å². The summed E-state index contributed by atoms with van der Waals surface area (Å²) in [5, 5.41) is 4.21. The maximum Gasteiger partial charge on any atom is 0.164 e. The van der Waals surface area contributed by atoms with Gasteiger partial charge in [0.05, 0.1) is 0 Å². The maximum atomic E-state index is 6.46. The quantitative estimate of drug-likeness (QED) is 0.187. The van der Waals surface area contributed by atoms with Gasteiger partial charge < -0.3 is 8.83 Å². The zero-order valence-electron chi connectivity index (χ0n) is 26.7. The third kappa shape index (κ3) is 4.75. The van der Waals surface area contributed by atoms with Crippen LogP contribution < -0.4 is 0 Å². The van der Waals surface area contributed by atoms with E-state index in [9.17, 15) is 0 Å². The highest BCUT2D eigenvalue weighted by Crippen LogP contribution is 2.40. The number of rotatable bonds is 5. The van der Waals surface area contributed by atoms with Crippen LogP contribution in [-0.4, -0.2) is 15.0 Å². The van der Waals surface area contributed by atoms with E-state index in [0.29, 0.717) is 17.5 Å². The van der Waals surface area contributed by atoms with Gasteiger partial charge in [-0.2, -0.15) is 0 Å². The number of nitrogens with zero attached hydrogens (tertiary/aromatic N) is 3. The molecule has 0 radical (unpaired) electrons. The van der Waals surface area contributed by atoms with E-state index in [4.69, 9.17) is 23.8 Å². The third-order valence-corrected chi connectivity index (χ3v) is 9.34. The second kappa shape index (κ2) is 11.4. The molecular formula is C45H27N3O2. The smallest absolute Gasteiger partial charge is 0.164 e. The number of fused-ring (bicyclic) bond motifs is 6. The monoisotopic (exact) mass is 641 g/mol. The molecule has 5 nitrogen and oxygen atoms in total. The zero-order chi connectivity index (χ0) is 33.0. The minimum absolute atomic E-state index is 0.564. The first kappa shape index (κ1) is 28.2. The van der Waals surface area contributed by atoms with Crippen LogP contribution in [0.15, 0.2) is 173 Å². The summed E-state index contributed by atoms with van der Waals surface area (Å²) in [7, 11) is 0. The average molecular weight is 642 g/mol. The summed E-state index contributed by atoms with van der Waals surface area (Å²) >= 11 is 0. The number of aromatic nitrogens is 3. The molecule has 0 saturated heterocycles. The van der Waals surface area contributed by atoms with Crippen molar-refractivity contribution in [3.8, 4) is 56.4 Å². The standard InChI is InChI=1S/C45H27N3O2/c1-3-11-28(12-4-1)29-19-21-31(22-20-29)43-46-44(32-23-24-40-37(25-32)34-15-7-9-17-38(34)49-40)48-45(47-43)33-26-36(30-13-5-2-6-14-30)42-35-16-8-10-18-39(35)50-41(42)27-33/h1-27H. The van der Waals surface area contributed by atoms with Crippen molar-refractivity contribution in [1.29, 1.82) is 0 Å². The topological polar surface area (TPSA) is 65.0 Å². The predicted molar refractivity (Wildman–Crippen MR) is 202 cm³/mol. The van der Waals surface area contributed by atoms with Crippen LogP contribution in [0.2, 0.25) is 0 Å². The number of furan rings is 2. The second-order valence-corrected chi connectivity index (χ2v) is 12.4. The summed E-state index contributed by atoms with van der Waals surface area (Å²) in [5.41, 5.74) is 10.4. The van der Waals surface area contributed by atoms with Crippen LogP contribution in [0.25, 0.3) is 100 Å². The predicted octanol–water partition coefficient (Wildman–Crippen LogP) is 12.0. The van der Waals surface area contributed by atoms with Crippen LogP contribution in [0, 0.1) is 0 Å². The molecular weight excluding hydrogens is 615 g/mol. The van der Waals surface area contributed by atoms with Gasteiger partial charge in [-0.1, -0.05) is 121 Å². The lowest BCUT2D eigenvalue weighted by atomic mass is 9.97. The molecule has 5 heteroatoms. The van der Waals surface area contributed by atoms with E-state index in [0.717, 1.165) is 82.8 Å². The molecule has 0 aliphatic rings. The Morgan fingerprint density at radius 1 is 0.300 bits per heavy atom. The van der Waals surface area contributed by atoms with Gasteiger partial charge in [-0.3, -0.25) is 0 Å². The van der Waals surface area contributed by atoms with Gasteiger partial charge in [0.15, 0.2) is 17.5 Å². The highest BCUT2D eigenvalue weighted by Gasteiger charge is 2.19. The number of hydrogen-bond acceptors (Lipinski definition) is 5. The number of para-hydroxylation sites is 2. The Morgan fingerprint density at radius 2 is 0.800 bits per heavy atom. The molecule has 10 rings (SSSR count). The van der Waals surface area contributed by atoms with E-state index in [-0.39, 0.29) is 0 Å². The molecule has 0 fully saturated rings.